The van der Waals surface area contributed by atoms with Crippen LogP contribution in [-0.4, -0.2) is 17.5 Å². The number of carbonyl (C=O) groups is 1. The Bertz CT molecular complexity index is 1140. The van der Waals surface area contributed by atoms with E-state index >= 15 is 0 Å². The third-order valence-electron chi connectivity index (χ3n) is 5.07. The number of nitrogens with one attached hydrogen (secondary N) is 1. The Hall–Kier alpha value is -3.18. The van der Waals surface area contributed by atoms with E-state index in [9.17, 15) is 4.79 Å². The molecule has 0 aliphatic rings. The zero-order chi connectivity index (χ0) is 21.8. The second-order valence-electron chi connectivity index (χ2n) is 8.52. The predicted octanol–water partition coefficient (Wildman–Crippen LogP) is 5.96. The van der Waals surface area contributed by atoms with Gasteiger partial charge in [0.15, 0.2) is 6.61 Å². The van der Waals surface area contributed by atoms with E-state index in [1.54, 1.807) is 11.3 Å². The molecule has 1 amide bonds. The molecule has 0 atom stereocenters. The number of hydrogen-bond acceptors (Lipinski definition) is 4. The van der Waals surface area contributed by atoms with Gasteiger partial charge in [0.2, 0.25) is 0 Å². The Labute approximate surface area is 186 Å². The number of fused-ring (bicyclic) bond motifs is 1. The van der Waals surface area contributed by atoms with Gasteiger partial charge in [-0.05, 0) is 40.8 Å². The Morgan fingerprint density at radius 1 is 0.968 bits per heavy atom. The Morgan fingerprint density at radius 2 is 1.68 bits per heavy atom. The molecular weight excluding hydrogens is 404 g/mol. The van der Waals surface area contributed by atoms with Crippen molar-refractivity contribution in [3.63, 3.8) is 0 Å². The van der Waals surface area contributed by atoms with Crippen LogP contribution in [0.3, 0.4) is 0 Å². The topological polar surface area (TPSA) is 51.2 Å². The molecule has 1 aromatic heterocycles. The minimum atomic E-state index is -0.143. The van der Waals surface area contributed by atoms with Crippen molar-refractivity contribution in [2.75, 3.05) is 6.61 Å². The molecular formula is C26H26N2O2S. The molecule has 0 aliphatic heterocycles. The molecule has 0 radical (unpaired) electrons. The van der Waals surface area contributed by atoms with Crippen molar-refractivity contribution in [1.82, 2.24) is 10.3 Å². The average molecular weight is 431 g/mol. The molecule has 0 unspecified atom stereocenters. The molecule has 0 aliphatic carbocycles. The fourth-order valence-corrected chi connectivity index (χ4v) is 4.18. The monoisotopic (exact) mass is 430 g/mol. The molecule has 1 heterocycles. The fraction of sp³-hybridized carbons (Fsp3) is 0.231. The van der Waals surface area contributed by atoms with Gasteiger partial charge in [0, 0.05) is 12.1 Å². The van der Waals surface area contributed by atoms with Gasteiger partial charge in [-0.15, -0.1) is 11.3 Å². The number of benzene rings is 3. The number of rotatable bonds is 6. The largest absolute Gasteiger partial charge is 0.484 e. The van der Waals surface area contributed by atoms with Crippen LogP contribution < -0.4 is 10.1 Å². The summed E-state index contributed by atoms with van der Waals surface area (Å²) in [5.41, 5.74) is 4.47. The summed E-state index contributed by atoms with van der Waals surface area (Å²) in [7, 11) is 0. The van der Waals surface area contributed by atoms with Crippen molar-refractivity contribution < 1.29 is 9.53 Å². The van der Waals surface area contributed by atoms with Gasteiger partial charge in [-0.3, -0.25) is 4.79 Å². The molecule has 0 bridgehead atoms. The van der Waals surface area contributed by atoms with E-state index in [4.69, 9.17) is 9.72 Å². The number of thiazole rings is 1. The highest BCUT2D eigenvalue weighted by Gasteiger charge is 2.13. The maximum atomic E-state index is 12.2. The van der Waals surface area contributed by atoms with Crippen molar-refractivity contribution in [3.05, 3.63) is 83.9 Å². The quantitative estimate of drug-likeness (QED) is 0.411. The Balaban J connectivity index is 1.28. The van der Waals surface area contributed by atoms with Gasteiger partial charge in [-0.2, -0.15) is 0 Å². The number of aromatic nitrogens is 1. The lowest BCUT2D eigenvalue weighted by molar-refractivity contribution is -0.123. The summed E-state index contributed by atoms with van der Waals surface area (Å²) < 4.78 is 6.79. The zero-order valence-corrected chi connectivity index (χ0v) is 18.8. The number of amides is 1. The number of ether oxygens (including phenoxy) is 1. The first kappa shape index (κ1) is 21.1. The van der Waals surface area contributed by atoms with E-state index in [0.717, 1.165) is 21.7 Å². The van der Waals surface area contributed by atoms with E-state index in [1.165, 1.54) is 10.3 Å². The minimum Gasteiger partial charge on any atom is -0.484 e. The van der Waals surface area contributed by atoms with Crippen molar-refractivity contribution >= 4 is 27.5 Å². The number of carbonyl (C=O) groups excluding carboxylic acids is 1. The molecule has 3 aromatic carbocycles. The van der Waals surface area contributed by atoms with Crippen molar-refractivity contribution in [2.24, 2.45) is 0 Å². The molecule has 0 saturated carbocycles. The highest BCUT2D eigenvalue weighted by Crippen LogP contribution is 2.30. The molecule has 5 heteroatoms. The van der Waals surface area contributed by atoms with Crippen LogP contribution in [0.4, 0.5) is 0 Å². The van der Waals surface area contributed by atoms with Gasteiger partial charge in [0.1, 0.15) is 10.8 Å². The van der Waals surface area contributed by atoms with Crippen LogP contribution in [-0.2, 0) is 16.8 Å². The number of hydrogen-bond donors (Lipinski definition) is 1. The summed E-state index contributed by atoms with van der Waals surface area (Å²) in [6, 6.07) is 24.2. The summed E-state index contributed by atoms with van der Waals surface area (Å²) in [6.45, 7) is 6.97. The SMILES string of the molecule is CC(C)(C)c1ccc(OCC(=O)NCc2ccc(-c3nc4ccccc4s3)cc2)cc1. The highest BCUT2D eigenvalue weighted by molar-refractivity contribution is 7.21. The molecule has 4 aromatic rings. The third kappa shape index (κ3) is 5.30. The lowest BCUT2D eigenvalue weighted by Gasteiger charge is -2.19. The van der Waals surface area contributed by atoms with Crippen molar-refractivity contribution in [3.8, 4) is 16.3 Å². The lowest BCUT2D eigenvalue weighted by atomic mass is 9.87. The first-order chi connectivity index (χ1) is 14.9. The van der Waals surface area contributed by atoms with Gasteiger partial charge in [0.05, 0.1) is 10.2 Å². The molecule has 4 nitrogen and oxygen atoms in total. The highest BCUT2D eigenvalue weighted by atomic mass is 32.1. The summed E-state index contributed by atoms with van der Waals surface area (Å²) in [6.07, 6.45) is 0. The Morgan fingerprint density at radius 3 is 2.35 bits per heavy atom. The normalized spacial score (nSPS) is 11.5. The fourth-order valence-electron chi connectivity index (χ4n) is 3.21. The van der Waals surface area contributed by atoms with Gasteiger partial charge in [-0.25, -0.2) is 4.98 Å². The second-order valence-corrected chi connectivity index (χ2v) is 9.55. The summed E-state index contributed by atoms with van der Waals surface area (Å²) >= 11 is 1.68. The van der Waals surface area contributed by atoms with Crippen LogP contribution in [0.5, 0.6) is 5.75 Å². The smallest absolute Gasteiger partial charge is 0.258 e. The maximum absolute atomic E-state index is 12.2. The van der Waals surface area contributed by atoms with Crippen LogP contribution in [0, 0.1) is 0 Å². The van der Waals surface area contributed by atoms with E-state index in [0.29, 0.717) is 12.3 Å². The zero-order valence-electron chi connectivity index (χ0n) is 18.0. The number of nitrogens with zero attached hydrogens (tertiary/aromatic N) is 1. The van der Waals surface area contributed by atoms with Gasteiger partial charge in [-0.1, -0.05) is 69.3 Å². The van der Waals surface area contributed by atoms with Gasteiger partial charge in [0.25, 0.3) is 5.91 Å². The van der Waals surface area contributed by atoms with E-state index in [1.807, 2.05) is 66.7 Å². The molecule has 0 spiro atoms. The first-order valence-electron chi connectivity index (χ1n) is 10.3. The lowest BCUT2D eigenvalue weighted by Crippen LogP contribution is -2.28. The minimum absolute atomic E-state index is 0.00134. The predicted molar refractivity (Wildman–Crippen MR) is 128 cm³/mol. The number of para-hydroxylation sites is 1. The molecule has 0 saturated heterocycles. The molecule has 0 fully saturated rings. The average Bonchev–Trinajstić information content (AvgIpc) is 3.20. The summed E-state index contributed by atoms with van der Waals surface area (Å²) in [5, 5.41) is 3.91. The molecule has 158 valence electrons. The van der Waals surface area contributed by atoms with E-state index < -0.39 is 0 Å². The molecule has 1 N–H and O–H groups in total. The standard InChI is InChI=1S/C26H26N2O2S/c1-26(2,3)20-12-14-21(15-13-20)30-17-24(29)27-16-18-8-10-19(11-9-18)25-28-22-6-4-5-7-23(22)31-25/h4-15H,16-17H2,1-3H3,(H,27,29). The van der Waals surface area contributed by atoms with Crippen LogP contribution >= 0.6 is 11.3 Å². The second kappa shape index (κ2) is 8.90. The van der Waals surface area contributed by atoms with Crippen LogP contribution in [0.2, 0.25) is 0 Å². The van der Waals surface area contributed by atoms with Crippen LogP contribution in [0.25, 0.3) is 20.8 Å². The van der Waals surface area contributed by atoms with Crippen LogP contribution in [0.1, 0.15) is 31.9 Å². The summed E-state index contributed by atoms with van der Waals surface area (Å²) in [4.78, 5) is 16.9. The van der Waals surface area contributed by atoms with Gasteiger partial charge < -0.3 is 10.1 Å². The third-order valence-corrected chi connectivity index (χ3v) is 6.16. The van der Waals surface area contributed by atoms with Crippen LogP contribution in [0.15, 0.2) is 72.8 Å². The van der Waals surface area contributed by atoms with Crippen molar-refractivity contribution in [1.29, 1.82) is 0 Å². The van der Waals surface area contributed by atoms with Gasteiger partial charge >= 0.3 is 0 Å². The van der Waals surface area contributed by atoms with E-state index in [2.05, 4.69) is 32.2 Å². The molecule has 4 rings (SSSR count). The molecule has 31 heavy (non-hydrogen) atoms. The maximum Gasteiger partial charge on any atom is 0.258 e. The van der Waals surface area contributed by atoms with Crippen molar-refractivity contribution in [2.45, 2.75) is 32.7 Å². The van der Waals surface area contributed by atoms with E-state index in [-0.39, 0.29) is 17.9 Å². The first-order valence-corrected chi connectivity index (χ1v) is 11.1. The summed E-state index contributed by atoms with van der Waals surface area (Å²) in [5.74, 6) is 0.554. The Kier molecular flexibility index (Phi) is 6.05.